The third-order valence-electron chi connectivity index (χ3n) is 3.79. The Balaban J connectivity index is 1.82. The third-order valence-corrected chi connectivity index (χ3v) is 3.79. The maximum atomic E-state index is 4.08. The maximum Gasteiger partial charge on any atom is -0.00462 e. The second kappa shape index (κ2) is 4.28. The Kier molecular flexibility index (Phi) is 3.05. The molecule has 2 aliphatic rings. The predicted molar refractivity (Wildman–Crippen MR) is 56.7 cm³/mol. The topological polar surface area (TPSA) is 12.0 Å². The first-order valence-corrected chi connectivity index (χ1v) is 5.73. The molecule has 2 fully saturated rings. The van der Waals surface area contributed by atoms with E-state index in [0.29, 0.717) is 0 Å². The summed E-state index contributed by atoms with van der Waals surface area (Å²) in [5, 5.41) is 3.45. The fraction of sp³-hybridized carbons (Fsp3) is 0.833. The molecule has 1 saturated carbocycles. The second-order valence-electron chi connectivity index (χ2n) is 4.67. The minimum Gasteiger partial charge on any atom is -0.317 e. The summed E-state index contributed by atoms with van der Waals surface area (Å²) in [5.74, 6) is 2.04. The summed E-state index contributed by atoms with van der Waals surface area (Å²) in [6.07, 6.45) is 8.27. The van der Waals surface area contributed by atoms with Crippen LogP contribution in [0.25, 0.3) is 0 Å². The lowest BCUT2D eigenvalue weighted by molar-refractivity contribution is 0.221. The number of allylic oxidation sites excluding steroid dienone is 1. The standard InChI is InChI=1S/C12H21N/c1-10-2-4-11(5-3-10)12-6-8-13-9-7-12/h11-13H,1-9H2. The van der Waals surface area contributed by atoms with E-state index in [1.54, 1.807) is 0 Å². The van der Waals surface area contributed by atoms with Crippen molar-refractivity contribution in [2.75, 3.05) is 13.1 Å². The molecular formula is C12H21N. The summed E-state index contributed by atoms with van der Waals surface area (Å²) in [7, 11) is 0. The van der Waals surface area contributed by atoms with Crippen LogP contribution in [0.1, 0.15) is 38.5 Å². The largest absolute Gasteiger partial charge is 0.317 e. The van der Waals surface area contributed by atoms with Gasteiger partial charge in [-0.1, -0.05) is 12.2 Å². The van der Waals surface area contributed by atoms with Crippen LogP contribution in [-0.4, -0.2) is 13.1 Å². The molecule has 1 aliphatic carbocycles. The van der Waals surface area contributed by atoms with Gasteiger partial charge in [-0.2, -0.15) is 0 Å². The average Bonchev–Trinajstić information content (AvgIpc) is 2.20. The first kappa shape index (κ1) is 9.26. The third kappa shape index (κ3) is 2.34. The fourth-order valence-electron chi connectivity index (χ4n) is 2.84. The Hall–Kier alpha value is -0.300. The van der Waals surface area contributed by atoms with Gasteiger partial charge in [-0.15, -0.1) is 0 Å². The molecule has 1 heteroatoms. The van der Waals surface area contributed by atoms with Crippen molar-refractivity contribution < 1.29 is 0 Å². The van der Waals surface area contributed by atoms with Crippen LogP contribution in [0.15, 0.2) is 12.2 Å². The van der Waals surface area contributed by atoms with Crippen LogP contribution in [0, 0.1) is 11.8 Å². The molecule has 0 spiro atoms. The zero-order valence-electron chi connectivity index (χ0n) is 8.52. The van der Waals surface area contributed by atoms with Crippen LogP contribution in [0.3, 0.4) is 0 Å². The highest BCUT2D eigenvalue weighted by Crippen LogP contribution is 2.35. The fourth-order valence-corrected chi connectivity index (χ4v) is 2.84. The summed E-state index contributed by atoms with van der Waals surface area (Å²) in [5.41, 5.74) is 1.49. The van der Waals surface area contributed by atoms with E-state index in [9.17, 15) is 0 Å². The van der Waals surface area contributed by atoms with Crippen molar-refractivity contribution in [2.24, 2.45) is 11.8 Å². The van der Waals surface area contributed by atoms with Crippen LogP contribution in [-0.2, 0) is 0 Å². The molecular weight excluding hydrogens is 158 g/mol. The maximum absolute atomic E-state index is 4.08. The van der Waals surface area contributed by atoms with Crippen molar-refractivity contribution in [2.45, 2.75) is 38.5 Å². The quantitative estimate of drug-likeness (QED) is 0.610. The SMILES string of the molecule is C=C1CCC(C2CCNCC2)CC1. The van der Waals surface area contributed by atoms with Gasteiger partial charge in [0.25, 0.3) is 0 Å². The molecule has 0 aromatic rings. The van der Waals surface area contributed by atoms with E-state index < -0.39 is 0 Å². The summed E-state index contributed by atoms with van der Waals surface area (Å²) in [6.45, 7) is 6.59. The predicted octanol–water partition coefficient (Wildman–Crippen LogP) is 2.73. The summed E-state index contributed by atoms with van der Waals surface area (Å²) < 4.78 is 0. The molecule has 2 rings (SSSR count). The molecule has 1 heterocycles. The number of piperidine rings is 1. The van der Waals surface area contributed by atoms with Crippen LogP contribution < -0.4 is 5.32 Å². The molecule has 1 saturated heterocycles. The Labute approximate surface area is 81.6 Å². The van der Waals surface area contributed by atoms with Gasteiger partial charge in [0.1, 0.15) is 0 Å². The van der Waals surface area contributed by atoms with Crippen LogP contribution in [0.5, 0.6) is 0 Å². The van der Waals surface area contributed by atoms with E-state index in [4.69, 9.17) is 0 Å². The lowest BCUT2D eigenvalue weighted by Gasteiger charge is -2.33. The molecule has 0 aromatic carbocycles. The van der Waals surface area contributed by atoms with Crippen molar-refractivity contribution in [3.63, 3.8) is 0 Å². The molecule has 0 unspecified atom stereocenters. The van der Waals surface area contributed by atoms with Crippen LogP contribution in [0.4, 0.5) is 0 Å². The van der Waals surface area contributed by atoms with Gasteiger partial charge in [0, 0.05) is 0 Å². The van der Waals surface area contributed by atoms with Gasteiger partial charge in [0.05, 0.1) is 0 Å². The Morgan fingerprint density at radius 3 is 2.08 bits per heavy atom. The number of rotatable bonds is 1. The van der Waals surface area contributed by atoms with Gasteiger partial charge >= 0.3 is 0 Å². The summed E-state index contributed by atoms with van der Waals surface area (Å²) in [4.78, 5) is 0. The molecule has 0 bridgehead atoms. The van der Waals surface area contributed by atoms with E-state index >= 15 is 0 Å². The normalized spacial score (nSPS) is 27.8. The van der Waals surface area contributed by atoms with Crippen molar-refractivity contribution in [3.05, 3.63) is 12.2 Å². The molecule has 0 atom stereocenters. The molecule has 1 N–H and O–H groups in total. The molecule has 13 heavy (non-hydrogen) atoms. The van der Waals surface area contributed by atoms with E-state index in [1.165, 1.54) is 57.2 Å². The van der Waals surface area contributed by atoms with E-state index in [-0.39, 0.29) is 0 Å². The molecule has 1 nitrogen and oxygen atoms in total. The van der Waals surface area contributed by atoms with E-state index in [0.717, 1.165) is 11.8 Å². The van der Waals surface area contributed by atoms with Gasteiger partial charge in [-0.05, 0) is 63.5 Å². The van der Waals surface area contributed by atoms with Gasteiger partial charge in [-0.25, -0.2) is 0 Å². The molecule has 0 aromatic heterocycles. The summed E-state index contributed by atoms with van der Waals surface area (Å²) in [6, 6.07) is 0. The number of nitrogens with one attached hydrogen (secondary N) is 1. The monoisotopic (exact) mass is 179 g/mol. The Morgan fingerprint density at radius 1 is 0.923 bits per heavy atom. The van der Waals surface area contributed by atoms with Crippen molar-refractivity contribution >= 4 is 0 Å². The minimum atomic E-state index is 1.02. The highest BCUT2D eigenvalue weighted by molar-refractivity contribution is 4.99. The lowest BCUT2D eigenvalue weighted by atomic mass is 9.75. The van der Waals surface area contributed by atoms with E-state index in [1.807, 2.05) is 0 Å². The average molecular weight is 179 g/mol. The Morgan fingerprint density at radius 2 is 1.46 bits per heavy atom. The van der Waals surface area contributed by atoms with Gasteiger partial charge < -0.3 is 5.32 Å². The first-order chi connectivity index (χ1) is 6.36. The van der Waals surface area contributed by atoms with Gasteiger partial charge in [0.2, 0.25) is 0 Å². The smallest absolute Gasteiger partial charge is 0.00462 e. The molecule has 1 aliphatic heterocycles. The highest BCUT2D eigenvalue weighted by Gasteiger charge is 2.25. The molecule has 0 radical (unpaired) electrons. The Bertz CT molecular complexity index is 170. The minimum absolute atomic E-state index is 1.02. The second-order valence-corrected chi connectivity index (χ2v) is 4.67. The molecule has 0 amide bonds. The van der Waals surface area contributed by atoms with E-state index in [2.05, 4.69) is 11.9 Å². The molecule has 74 valence electrons. The number of hydrogen-bond donors (Lipinski definition) is 1. The summed E-state index contributed by atoms with van der Waals surface area (Å²) >= 11 is 0. The highest BCUT2D eigenvalue weighted by atomic mass is 14.9. The zero-order chi connectivity index (χ0) is 9.10. The van der Waals surface area contributed by atoms with Crippen LogP contribution >= 0.6 is 0 Å². The van der Waals surface area contributed by atoms with Gasteiger partial charge in [-0.3, -0.25) is 0 Å². The number of hydrogen-bond acceptors (Lipinski definition) is 1. The van der Waals surface area contributed by atoms with Crippen molar-refractivity contribution in [1.29, 1.82) is 0 Å². The van der Waals surface area contributed by atoms with Crippen LogP contribution in [0.2, 0.25) is 0 Å². The lowest BCUT2D eigenvalue weighted by Crippen LogP contribution is -2.32. The zero-order valence-corrected chi connectivity index (χ0v) is 8.52. The van der Waals surface area contributed by atoms with Crippen molar-refractivity contribution in [3.8, 4) is 0 Å². The van der Waals surface area contributed by atoms with Gasteiger partial charge in [0.15, 0.2) is 0 Å². The van der Waals surface area contributed by atoms with Crippen molar-refractivity contribution in [1.82, 2.24) is 5.32 Å². The first-order valence-electron chi connectivity index (χ1n) is 5.73.